The van der Waals surface area contributed by atoms with Crippen molar-refractivity contribution in [3.63, 3.8) is 0 Å². The molecule has 0 atom stereocenters. The highest BCUT2D eigenvalue weighted by Gasteiger charge is 2.10. The molecule has 1 aromatic rings. The molecule has 0 radical (unpaired) electrons. The van der Waals surface area contributed by atoms with Crippen molar-refractivity contribution in [2.24, 2.45) is 0 Å². The molecule has 6 heteroatoms. The number of rotatable bonds is 10. The van der Waals surface area contributed by atoms with Crippen LogP contribution >= 0.6 is 11.6 Å². The van der Waals surface area contributed by atoms with Gasteiger partial charge < -0.3 is 10.2 Å². The van der Waals surface area contributed by atoms with E-state index < -0.39 is 0 Å². The zero-order chi connectivity index (χ0) is 14.8. The van der Waals surface area contributed by atoms with Gasteiger partial charge in [0.2, 0.25) is 17.2 Å². The summed E-state index contributed by atoms with van der Waals surface area (Å²) < 4.78 is 0. The van der Waals surface area contributed by atoms with Crippen molar-refractivity contribution >= 4 is 23.5 Å². The predicted octanol–water partition coefficient (Wildman–Crippen LogP) is 3.31. The van der Waals surface area contributed by atoms with Crippen molar-refractivity contribution in [2.75, 3.05) is 29.9 Å². The van der Waals surface area contributed by atoms with Crippen LogP contribution in [0.2, 0.25) is 5.28 Å². The number of unbranched alkanes of at least 4 members (excludes halogenated alkanes) is 2. The minimum absolute atomic E-state index is 0.186. The molecule has 20 heavy (non-hydrogen) atoms. The summed E-state index contributed by atoms with van der Waals surface area (Å²) in [7, 11) is 0. The standard InChI is InChI=1S/C14H22ClN5/c1-4-7-8-9-16-13-17-12(15)18-14(19-13)20(10-5-2)11-6-3/h5-6H,2-4,7-11H2,1H3,(H,16,17,18,19). The summed E-state index contributed by atoms with van der Waals surface area (Å²) in [6.07, 6.45) is 7.01. The van der Waals surface area contributed by atoms with Gasteiger partial charge in [-0.25, -0.2) is 0 Å². The number of hydrogen-bond acceptors (Lipinski definition) is 5. The maximum atomic E-state index is 5.95. The lowest BCUT2D eigenvalue weighted by Gasteiger charge is -2.19. The van der Waals surface area contributed by atoms with E-state index in [0.29, 0.717) is 25.0 Å². The molecule has 110 valence electrons. The Hall–Kier alpha value is -1.62. The first-order valence-corrected chi connectivity index (χ1v) is 7.21. The van der Waals surface area contributed by atoms with Gasteiger partial charge in [0.25, 0.3) is 0 Å². The first-order chi connectivity index (χ1) is 9.71. The number of hydrogen-bond donors (Lipinski definition) is 1. The van der Waals surface area contributed by atoms with E-state index in [0.717, 1.165) is 13.0 Å². The van der Waals surface area contributed by atoms with E-state index in [2.05, 4.69) is 40.4 Å². The van der Waals surface area contributed by atoms with Crippen molar-refractivity contribution in [3.8, 4) is 0 Å². The van der Waals surface area contributed by atoms with E-state index in [-0.39, 0.29) is 5.28 Å². The molecular weight excluding hydrogens is 274 g/mol. The van der Waals surface area contributed by atoms with Crippen molar-refractivity contribution in [1.82, 2.24) is 15.0 Å². The Labute approximate surface area is 125 Å². The second-order valence-electron chi connectivity index (χ2n) is 4.34. The van der Waals surface area contributed by atoms with Crippen LogP contribution in [0, 0.1) is 0 Å². The molecule has 0 saturated heterocycles. The van der Waals surface area contributed by atoms with E-state index in [1.807, 2.05) is 4.90 Å². The van der Waals surface area contributed by atoms with E-state index in [1.165, 1.54) is 12.8 Å². The Morgan fingerprint density at radius 3 is 2.45 bits per heavy atom. The average Bonchev–Trinajstić information content (AvgIpc) is 2.43. The van der Waals surface area contributed by atoms with Gasteiger partial charge >= 0.3 is 0 Å². The number of anilines is 2. The van der Waals surface area contributed by atoms with Crippen LogP contribution in [-0.4, -0.2) is 34.6 Å². The van der Waals surface area contributed by atoms with Crippen LogP contribution in [-0.2, 0) is 0 Å². The molecule has 0 fully saturated rings. The monoisotopic (exact) mass is 295 g/mol. The van der Waals surface area contributed by atoms with Gasteiger partial charge in [0.15, 0.2) is 0 Å². The Balaban J connectivity index is 2.77. The predicted molar refractivity (Wildman–Crippen MR) is 85.5 cm³/mol. The van der Waals surface area contributed by atoms with Crippen LogP contribution in [0.25, 0.3) is 0 Å². The van der Waals surface area contributed by atoms with Gasteiger partial charge in [-0.3, -0.25) is 0 Å². The molecule has 1 rings (SSSR count). The van der Waals surface area contributed by atoms with Gasteiger partial charge in [-0.05, 0) is 18.0 Å². The van der Waals surface area contributed by atoms with Gasteiger partial charge in [-0.15, -0.1) is 13.2 Å². The highest BCUT2D eigenvalue weighted by molar-refractivity contribution is 6.28. The van der Waals surface area contributed by atoms with Crippen molar-refractivity contribution < 1.29 is 0 Å². The fraction of sp³-hybridized carbons (Fsp3) is 0.500. The lowest BCUT2D eigenvalue weighted by atomic mass is 10.2. The van der Waals surface area contributed by atoms with E-state index in [1.54, 1.807) is 12.2 Å². The van der Waals surface area contributed by atoms with Crippen LogP contribution < -0.4 is 10.2 Å². The lowest BCUT2D eigenvalue weighted by molar-refractivity contribution is 0.739. The third-order valence-electron chi connectivity index (χ3n) is 2.64. The molecule has 0 aromatic carbocycles. The summed E-state index contributed by atoms with van der Waals surface area (Å²) in [6.45, 7) is 11.7. The van der Waals surface area contributed by atoms with E-state index in [4.69, 9.17) is 11.6 Å². The third kappa shape index (κ3) is 5.57. The number of aromatic nitrogens is 3. The quantitative estimate of drug-likeness (QED) is 0.530. The summed E-state index contributed by atoms with van der Waals surface area (Å²) in [4.78, 5) is 14.5. The zero-order valence-electron chi connectivity index (χ0n) is 12.0. The van der Waals surface area contributed by atoms with E-state index >= 15 is 0 Å². The third-order valence-corrected chi connectivity index (χ3v) is 2.81. The molecule has 0 unspecified atom stereocenters. The molecule has 1 N–H and O–H groups in total. The summed E-state index contributed by atoms with van der Waals surface area (Å²) in [6, 6.07) is 0. The van der Waals surface area contributed by atoms with Crippen LogP contribution in [0.1, 0.15) is 26.2 Å². The zero-order valence-corrected chi connectivity index (χ0v) is 12.7. The van der Waals surface area contributed by atoms with Gasteiger partial charge in [0.1, 0.15) is 0 Å². The maximum absolute atomic E-state index is 5.95. The molecule has 1 heterocycles. The van der Waals surface area contributed by atoms with Crippen molar-refractivity contribution in [1.29, 1.82) is 0 Å². The normalized spacial score (nSPS) is 10.1. The Morgan fingerprint density at radius 1 is 1.15 bits per heavy atom. The van der Waals surface area contributed by atoms with Crippen LogP contribution in [0.4, 0.5) is 11.9 Å². The van der Waals surface area contributed by atoms with Gasteiger partial charge in [0, 0.05) is 19.6 Å². The fourth-order valence-corrected chi connectivity index (χ4v) is 1.84. The van der Waals surface area contributed by atoms with E-state index in [9.17, 15) is 0 Å². The molecule has 0 aliphatic rings. The summed E-state index contributed by atoms with van der Waals surface area (Å²) in [5.74, 6) is 1.04. The second kappa shape index (κ2) is 9.31. The van der Waals surface area contributed by atoms with Gasteiger partial charge in [0.05, 0.1) is 0 Å². The van der Waals surface area contributed by atoms with Crippen LogP contribution in [0.5, 0.6) is 0 Å². The maximum Gasteiger partial charge on any atom is 0.232 e. The van der Waals surface area contributed by atoms with Gasteiger partial charge in [-0.2, -0.15) is 15.0 Å². The summed E-state index contributed by atoms with van der Waals surface area (Å²) in [5.41, 5.74) is 0. The first kappa shape index (κ1) is 16.4. The largest absolute Gasteiger partial charge is 0.354 e. The van der Waals surface area contributed by atoms with Crippen molar-refractivity contribution in [3.05, 3.63) is 30.6 Å². The molecule has 0 amide bonds. The Bertz CT molecular complexity index is 426. The minimum atomic E-state index is 0.186. The number of halogens is 1. The fourth-order valence-electron chi connectivity index (χ4n) is 1.68. The summed E-state index contributed by atoms with van der Waals surface area (Å²) in [5, 5.41) is 3.36. The molecule has 1 aromatic heterocycles. The number of nitrogens with one attached hydrogen (secondary N) is 1. The highest BCUT2D eigenvalue weighted by Crippen LogP contribution is 2.14. The van der Waals surface area contributed by atoms with Crippen LogP contribution in [0.3, 0.4) is 0 Å². The molecule has 5 nitrogen and oxygen atoms in total. The second-order valence-corrected chi connectivity index (χ2v) is 4.68. The molecule has 0 saturated carbocycles. The van der Waals surface area contributed by atoms with Crippen LogP contribution in [0.15, 0.2) is 25.3 Å². The summed E-state index contributed by atoms with van der Waals surface area (Å²) >= 11 is 5.95. The van der Waals surface area contributed by atoms with Crippen molar-refractivity contribution in [2.45, 2.75) is 26.2 Å². The SMILES string of the molecule is C=CCN(CC=C)c1nc(Cl)nc(NCCCCC)n1. The smallest absolute Gasteiger partial charge is 0.232 e. The molecule has 0 aliphatic carbocycles. The molecule has 0 aliphatic heterocycles. The average molecular weight is 296 g/mol. The molecule has 0 bridgehead atoms. The Kier molecular flexibility index (Phi) is 7.65. The molecular formula is C14H22ClN5. The first-order valence-electron chi connectivity index (χ1n) is 6.83. The highest BCUT2D eigenvalue weighted by atomic mass is 35.5. The number of nitrogens with zero attached hydrogens (tertiary/aromatic N) is 4. The lowest BCUT2D eigenvalue weighted by Crippen LogP contribution is -2.26. The topological polar surface area (TPSA) is 53.9 Å². The van der Waals surface area contributed by atoms with Gasteiger partial charge in [-0.1, -0.05) is 31.9 Å². The Morgan fingerprint density at radius 2 is 1.85 bits per heavy atom. The minimum Gasteiger partial charge on any atom is -0.354 e. The molecule has 0 spiro atoms.